The molecule has 2 N–H and O–H groups in total. The average Bonchev–Trinajstić information content (AvgIpc) is 3.33. The topological polar surface area (TPSA) is 86.2 Å². The molecule has 5 nitrogen and oxygen atoms in total. The highest BCUT2D eigenvalue weighted by atomic mass is 32.1. The third-order valence-corrected chi connectivity index (χ3v) is 6.73. The lowest BCUT2D eigenvalue weighted by Gasteiger charge is -2.26. The Morgan fingerprint density at radius 1 is 1.18 bits per heavy atom. The number of aromatic hydroxyl groups is 1. The van der Waals surface area contributed by atoms with E-state index in [0.29, 0.717) is 38.3 Å². The lowest BCUT2D eigenvalue weighted by atomic mass is 9.83. The van der Waals surface area contributed by atoms with Crippen molar-refractivity contribution in [3.05, 3.63) is 70.2 Å². The maximum atomic E-state index is 14.5. The van der Waals surface area contributed by atoms with Crippen molar-refractivity contribution in [1.29, 1.82) is 5.26 Å². The Balaban J connectivity index is 2.23. The van der Waals surface area contributed by atoms with E-state index in [1.54, 1.807) is 29.7 Å². The van der Waals surface area contributed by atoms with Crippen LogP contribution in [-0.4, -0.2) is 20.7 Å². The van der Waals surface area contributed by atoms with Gasteiger partial charge in [-0.2, -0.15) is 5.26 Å². The number of fused-ring (bicyclic) bond motifs is 1. The number of aryl methyl sites for hydroxylation is 1. The van der Waals surface area contributed by atoms with Gasteiger partial charge in [0.15, 0.2) is 0 Å². The van der Waals surface area contributed by atoms with Crippen molar-refractivity contribution in [3.63, 3.8) is 0 Å². The standard InChI is InChI=1S/C25H20F2N2O3S/c1-13-10-15(4-5-16(13)27)29-17-11-14(26)12-18(30)21(17)22(23(29)25(2,3)8-9-28)19-6-7-20(33-19)24(31)32/h4-7,10-12,30H,8H2,1-3H3,(H,31,32). The number of carboxylic acid groups (broad SMARTS) is 1. The summed E-state index contributed by atoms with van der Waals surface area (Å²) in [6.07, 6.45) is 0.0942. The number of nitriles is 1. The van der Waals surface area contributed by atoms with Gasteiger partial charge in [-0.15, -0.1) is 11.3 Å². The summed E-state index contributed by atoms with van der Waals surface area (Å²) in [5.74, 6) is -2.45. The highest BCUT2D eigenvalue weighted by molar-refractivity contribution is 7.17. The highest BCUT2D eigenvalue weighted by Gasteiger charge is 2.34. The Kier molecular flexibility index (Phi) is 5.46. The molecule has 2 aromatic heterocycles. The fourth-order valence-electron chi connectivity index (χ4n) is 4.15. The van der Waals surface area contributed by atoms with E-state index in [9.17, 15) is 29.1 Å². The predicted molar refractivity (Wildman–Crippen MR) is 123 cm³/mol. The van der Waals surface area contributed by atoms with Crippen LogP contribution in [0, 0.1) is 29.9 Å². The number of nitrogens with zero attached hydrogens (tertiary/aromatic N) is 2. The van der Waals surface area contributed by atoms with Crippen LogP contribution in [0.15, 0.2) is 42.5 Å². The molecule has 0 unspecified atom stereocenters. The van der Waals surface area contributed by atoms with Crippen LogP contribution in [0.1, 0.15) is 41.2 Å². The molecule has 2 heterocycles. The summed E-state index contributed by atoms with van der Waals surface area (Å²) >= 11 is 1.02. The molecule has 0 aliphatic rings. The van der Waals surface area contributed by atoms with Gasteiger partial charge >= 0.3 is 5.97 Å². The van der Waals surface area contributed by atoms with E-state index in [2.05, 4.69) is 6.07 Å². The quantitative estimate of drug-likeness (QED) is 0.350. The Bertz CT molecular complexity index is 1460. The molecule has 4 aromatic rings. The molecule has 0 bridgehead atoms. The van der Waals surface area contributed by atoms with Crippen molar-refractivity contribution in [2.75, 3.05) is 0 Å². The molecule has 0 saturated carbocycles. The van der Waals surface area contributed by atoms with Crippen LogP contribution in [-0.2, 0) is 5.41 Å². The molecule has 0 saturated heterocycles. The normalized spacial score (nSPS) is 11.6. The molecule has 0 atom stereocenters. The number of benzene rings is 2. The van der Waals surface area contributed by atoms with Crippen LogP contribution < -0.4 is 0 Å². The Hall–Kier alpha value is -3.70. The monoisotopic (exact) mass is 466 g/mol. The maximum absolute atomic E-state index is 14.5. The van der Waals surface area contributed by atoms with Gasteiger partial charge in [-0.05, 0) is 48.9 Å². The number of hydrogen-bond acceptors (Lipinski definition) is 4. The minimum atomic E-state index is -1.09. The number of aromatic nitrogens is 1. The zero-order chi connectivity index (χ0) is 24.1. The number of hydrogen-bond donors (Lipinski definition) is 2. The smallest absolute Gasteiger partial charge is 0.345 e. The summed E-state index contributed by atoms with van der Waals surface area (Å²) in [7, 11) is 0. The second kappa shape index (κ2) is 8.01. The molecule has 0 spiro atoms. The second-order valence-corrected chi connectivity index (χ2v) is 9.58. The van der Waals surface area contributed by atoms with Crippen LogP contribution in [0.25, 0.3) is 27.0 Å². The van der Waals surface area contributed by atoms with E-state index >= 15 is 0 Å². The SMILES string of the molecule is Cc1cc(-n2c(C(C)(C)CC#N)c(-c3ccc(C(=O)O)s3)c3c(O)cc(F)cc32)ccc1F. The van der Waals surface area contributed by atoms with Crippen molar-refractivity contribution in [2.45, 2.75) is 32.6 Å². The first-order valence-electron chi connectivity index (χ1n) is 10.1. The minimum Gasteiger partial charge on any atom is -0.507 e. The van der Waals surface area contributed by atoms with Crippen molar-refractivity contribution in [2.24, 2.45) is 0 Å². The summed E-state index contributed by atoms with van der Waals surface area (Å²) < 4.78 is 30.2. The lowest BCUT2D eigenvalue weighted by Crippen LogP contribution is -2.21. The lowest BCUT2D eigenvalue weighted by molar-refractivity contribution is 0.0702. The number of aromatic carboxylic acids is 1. The van der Waals surface area contributed by atoms with Crippen LogP contribution in [0.3, 0.4) is 0 Å². The number of carboxylic acids is 1. The highest BCUT2D eigenvalue weighted by Crippen LogP contribution is 2.48. The van der Waals surface area contributed by atoms with E-state index in [-0.39, 0.29) is 17.0 Å². The molecule has 4 rings (SSSR count). The number of phenolic OH excluding ortho intramolecular Hbond substituents is 1. The molecular formula is C25H20F2N2O3S. The first-order chi connectivity index (χ1) is 15.5. The third-order valence-electron chi connectivity index (χ3n) is 5.64. The fraction of sp³-hybridized carbons (Fsp3) is 0.200. The largest absolute Gasteiger partial charge is 0.507 e. The number of rotatable bonds is 5. The van der Waals surface area contributed by atoms with Gasteiger partial charge in [0.2, 0.25) is 0 Å². The maximum Gasteiger partial charge on any atom is 0.345 e. The van der Waals surface area contributed by atoms with Crippen LogP contribution in [0.5, 0.6) is 5.75 Å². The van der Waals surface area contributed by atoms with Gasteiger partial charge in [-0.3, -0.25) is 0 Å². The number of halogens is 2. The summed E-state index contributed by atoms with van der Waals surface area (Å²) in [4.78, 5) is 12.2. The van der Waals surface area contributed by atoms with Crippen LogP contribution in [0.4, 0.5) is 8.78 Å². The molecule has 0 radical (unpaired) electrons. The van der Waals surface area contributed by atoms with E-state index in [0.717, 1.165) is 17.4 Å². The first-order valence-corrected chi connectivity index (χ1v) is 10.9. The van der Waals surface area contributed by atoms with E-state index in [4.69, 9.17) is 0 Å². The van der Waals surface area contributed by atoms with Crippen molar-refractivity contribution < 1.29 is 23.8 Å². The molecule has 0 fully saturated rings. The Morgan fingerprint density at radius 3 is 2.52 bits per heavy atom. The number of thiophene rings is 1. The fourth-order valence-corrected chi connectivity index (χ4v) is 5.04. The van der Waals surface area contributed by atoms with Gasteiger partial charge in [0, 0.05) is 39.7 Å². The van der Waals surface area contributed by atoms with E-state index in [1.807, 2.05) is 13.8 Å². The molecule has 2 aromatic carbocycles. The minimum absolute atomic E-state index is 0.0942. The Labute approximate surface area is 192 Å². The van der Waals surface area contributed by atoms with Crippen LogP contribution in [0.2, 0.25) is 0 Å². The van der Waals surface area contributed by atoms with Gasteiger partial charge in [0.1, 0.15) is 22.3 Å². The van der Waals surface area contributed by atoms with Gasteiger partial charge in [-0.25, -0.2) is 13.6 Å². The van der Waals surface area contributed by atoms with Gasteiger partial charge in [-0.1, -0.05) is 13.8 Å². The van der Waals surface area contributed by atoms with Crippen molar-refractivity contribution in [3.8, 4) is 27.9 Å². The van der Waals surface area contributed by atoms with Crippen molar-refractivity contribution in [1.82, 2.24) is 4.57 Å². The zero-order valence-electron chi connectivity index (χ0n) is 18.1. The summed E-state index contributed by atoms with van der Waals surface area (Å²) in [6.45, 7) is 5.31. The molecule has 0 amide bonds. The number of phenols is 1. The van der Waals surface area contributed by atoms with Gasteiger partial charge in [0.25, 0.3) is 0 Å². The molecular weight excluding hydrogens is 446 g/mol. The average molecular weight is 467 g/mol. The molecule has 0 aliphatic heterocycles. The first kappa shape index (κ1) is 22.5. The van der Waals surface area contributed by atoms with E-state index in [1.165, 1.54) is 18.2 Å². The molecule has 168 valence electrons. The zero-order valence-corrected chi connectivity index (χ0v) is 18.9. The molecule has 8 heteroatoms. The van der Waals surface area contributed by atoms with Crippen LogP contribution >= 0.6 is 11.3 Å². The third kappa shape index (κ3) is 3.74. The Morgan fingerprint density at radius 2 is 1.91 bits per heavy atom. The van der Waals surface area contributed by atoms with Gasteiger partial charge in [0.05, 0.1) is 17.0 Å². The van der Waals surface area contributed by atoms with E-state index < -0.39 is 23.0 Å². The molecule has 0 aliphatic carbocycles. The summed E-state index contributed by atoms with van der Waals surface area (Å²) in [6, 6.07) is 12.0. The van der Waals surface area contributed by atoms with Gasteiger partial charge < -0.3 is 14.8 Å². The summed E-state index contributed by atoms with van der Waals surface area (Å²) in [5, 5.41) is 30.1. The second-order valence-electron chi connectivity index (χ2n) is 8.50. The molecule has 33 heavy (non-hydrogen) atoms. The van der Waals surface area contributed by atoms with Crippen molar-refractivity contribution >= 4 is 28.2 Å². The summed E-state index contributed by atoms with van der Waals surface area (Å²) in [5.41, 5.74) is 1.56. The number of carbonyl (C=O) groups is 1. The predicted octanol–water partition coefficient (Wildman–Crippen LogP) is 6.54.